The molecule has 1 atom stereocenters. The van der Waals surface area contributed by atoms with Gasteiger partial charge in [-0.3, -0.25) is 4.20 Å². The van der Waals surface area contributed by atoms with Crippen molar-refractivity contribution < 1.29 is 18.1 Å². The standard InChI is InChI=1S/C26H33FN2O3PS/c1-26(2,27)22-10-8-21(9-11-22)25-28-24(33(3)32-25)13-16-31-23-6-4-5-20(7-12-23)19-34-29-14-17-30-18-15-29/h5-12H,4,13-19H2,1-3H3/q+1. The van der Waals surface area contributed by atoms with E-state index >= 15 is 0 Å². The fraction of sp³-hybridized carbons (Fsp3) is 0.462. The van der Waals surface area contributed by atoms with Crippen molar-refractivity contribution in [2.24, 2.45) is 6.66 Å². The third-order valence-corrected chi connectivity index (χ3v) is 8.46. The van der Waals surface area contributed by atoms with Crippen LogP contribution in [-0.4, -0.2) is 48.0 Å². The summed E-state index contributed by atoms with van der Waals surface area (Å²) in [7, 11) is -0.780. The molecule has 1 unspecified atom stereocenters. The number of halogens is 1. The van der Waals surface area contributed by atoms with Crippen LogP contribution in [0.3, 0.4) is 0 Å². The van der Waals surface area contributed by atoms with Crippen molar-refractivity contribution in [3.63, 3.8) is 0 Å². The number of ether oxygens (including phenoxy) is 2. The molecule has 1 aliphatic carbocycles. The molecule has 2 aliphatic rings. The van der Waals surface area contributed by atoms with Gasteiger partial charge in [0.05, 0.1) is 26.2 Å². The Morgan fingerprint density at radius 1 is 1.15 bits per heavy atom. The molecule has 2 aromatic rings. The Kier molecular flexibility index (Phi) is 8.65. The number of aromatic nitrogens is 1. The van der Waals surface area contributed by atoms with Crippen LogP contribution in [-0.2, 0) is 28.2 Å². The molecule has 1 fully saturated rings. The molecule has 5 nitrogen and oxygen atoms in total. The van der Waals surface area contributed by atoms with E-state index in [4.69, 9.17) is 18.7 Å². The summed E-state index contributed by atoms with van der Waals surface area (Å²) in [4.78, 5) is 4.72. The Morgan fingerprint density at radius 2 is 1.91 bits per heavy atom. The number of aryl methyl sites for hydroxylation is 1. The maximum Gasteiger partial charge on any atom is 0.330 e. The Morgan fingerprint density at radius 3 is 2.65 bits per heavy atom. The maximum absolute atomic E-state index is 14.1. The van der Waals surface area contributed by atoms with E-state index in [0.29, 0.717) is 18.1 Å². The van der Waals surface area contributed by atoms with E-state index in [-0.39, 0.29) is 0 Å². The van der Waals surface area contributed by atoms with Gasteiger partial charge in [-0.15, -0.1) is 0 Å². The molecule has 0 radical (unpaired) electrons. The van der Waals surface area contributed by atoms with Gasteiger partial charge in [0.25, 0.3) is 11.3 Å². The first-order chi connectivity index (χ1) is 16.4. The minimum atomic E-state index is -1.36. The van der Waals surface area contributed by atoms with E-state index in [1.807, 2.05) is 24.1 Å². The second kappa shape index (κ2) is 11.7. The predicted molar refractivity (Wildman–Crippen MR) is 139 cm³/mol. The maximum atomic E-state index is 14.1. The zero-order valence-corrected chi connectivity index (χ0v) is 21.8. The molecule has 0 spiro atoms. The Hall–Kier alpha value is -1.92. The molecule has 0 saturated carbocycles. The highest BCUT2D eigenvalue weighted by atomic mass is 32.2. The van der Waals surface area contributed by atoms with Gasteiger partial charge < -0.3 is 9.47 Å². The average Bonchev–Trinajstić information content (AvgIpc) is 3.05. The number of morpholine rings is 1. The summed E-state index contributed by atoms with van der Waals surface area (Å²) < 4.78 is 34.0. The van der Waals surface area contributed by atoms with Gasteiger partial charge in [-0.25, -0.2) is 8.70 Å². The zero-order valence-electron chi connectivity index (χ0n) is 20.1. The Bertz CT molecular complexity index is 1050. The van der Waals surface area contributed by atoms with Crippen LogP contribution in [0, 0.1) is 0 Å². The molecule has 1 saturated heterocycles. The van der Waals surface area contributed by atoms with Crippen molar-refractivity contribution in [3.05, 3.63) is 70.9 Å². The number of alkyl halides is 1. The van der Waals surface area contributed by atoms with E-state index in [1.165, 1.54) is 5.57 Å². The highest BCUT2D eigenvalue weighted by Gasteiger charge is 2.23. The van der Waals surface area contributed by atoms with Crippen molar-refractivity contribution in [3.8, 4) is 11.5 Å². The van der Waals surface area contributed by atoms with Crippen LogP contribution in [0.4, 0.5) is 4.39 Å². The SMILES string of the molecule is C[p+]1oc(-c2ccc(C(C)(C)F)cc2)nc1CCOC1=CCC=C(CSN2CCOCC2)C=C1. The summed E-state index contributed by atoms with van der Waals surface area (Å²) in [6.07, 6.45) is 10.2. The molecule has 1 aliphatic heterocycles. The van der Waals surface area contributed by atoms with E-state index in [2.05, 4.69) is 35.3 Å². The number of allylic oxidation sites excluding steroid dienone is 4. The number of rotatable bonds is 9. The largest absolute Gasteiger partial charge is 0.493 e. The summed E-state index contributed by atoms with van der Waals surface area (Å²) in [5.41, 5.74) is 2.51. The summed E-state index contributed by atoms with van der Waals surface area (Å²) in [5.74, 6) is 2.48. The third-order valence-electron chi connectivity index (χ3n) is 5.77. The van der Waals surface area contributed by atoms with E-state index in [9.17, 15) is 4.39 Å². The fourth-order valence-corrected chi connectivity index (χ4v) is 5.80. The number of benzene rings is 1. The van der Waals surface area contributed by atoms with E-state index in [0.717, 1.165) is 61.6 Å². The second-order valence-electron chi connectivity index (χ2n) is 8.84. The summed E-state index contributed by atoms with van der Waals surface area (Å²) >= 11 is 1.87. The quantitative estimate of drug-likeness (QED) is 0.357. The second-order valence-corrected chi connectivity index (χ2v) is 11.6. The molecule has 0 amide bonds. The van der Waals surface area contributed by atoms with Gasteiger partial charge in [-0.2, -0.15) is 4.98 Å². The summed E-state index contributed by atoms with van der Waals surface area (Å²) in [6, 6.07) is 7.35. The topological polar surface area (TPSA) is 47.7 Å². The summed E-state index contributed by atoms with van der Waals surface area (Å²) in [5, 5.41) is 0. The molecular formula is C26H33FN2O3PS+. The molecule has 0 bridgehead atoms. The van der Waals surface area contributed by atoms with Crippen molar-refractivity contribution in [1.82, 2.24) is 9.29 Å². The number of nitrogens with zero attached hydrogens (tertiary/aromatic N) is 2. The van der Waals surface area contributed by atoms with Gasteiger partial charge in [-0.1, -0.05) is 36.2 Å². The van der Waals surface area contributed by atoms with Crippen LogP contribution < -0.4 is 0 Å². The van der Waals surface area contributed by atoms with Gasteiger partial charge in [0, 0.05) is 24.4 Å². The Balaban J connectivity index is 1.26. The molecule has 34 heavy (non-hydrogen) atoms. The lowest BCUT2D eigenvalue weighted by molar-refractivity contribution is 0.0774. The van der Waals surface area contributed by atoms with Crippen molar-refractivity contribution >= 4 is 19.7 Å². The van der Waals surface area contributed by atoms with Gasteiger partial charge in [0.1, 0.15) is 18.1 Å². The van der Waals surface area contributed by atoms with Gasteiger partial charge in [-0.05, 0) is 55.7 Å². The molecule has 1 aromatic heterocycles. The van der Waals surface area contributed by atoms with Crippen LogP contribution in [0.25, 0.3) is 11.5 Å². The lowest BCUT2D eigenvalue weighted by Gasteiger charge is -2.25. The smallest absolute Gasteiger partial charge is 0.330 e. The van der Waals surface area contributed by atoms with Crippen LogP contribution in [0.15, 0.2) is 64.1 Å². The van der Waals surface area contributed by atoms with Gasteiger partial charge >= 0.3 is 7.77 Å². The first-order valence-electron chi connectivity index (χ1n) is 11.7. The average molecular weight is 504 g/mol. The van der Waals surface area contributed by atoms with Crippen LogP contribution in [0.5, 0.6) is 0 Å². The molecule has 4 rings (SSSR count). The van der Waals surface area contributed by atoms with Crippen LogP contribution >= 0.6 is 19.7 Å². The lowest BCUT2D eigenvalue weighted by Crippen LogP contribution is -2.31. The number of hydrogen-bond donors (Lipinski definition) is 0. The highest BCUT2D eigenvalue weighted by molar-refractivity contribution is 7.97. The first kappa shape index (κ1) is 25.2. The van der Waals surface area contributed by atoms with Crippen LogP contribution in [0.2, 0.25) is 0 Å². The fourth-order valence-electron chi connectivity index (χ4n) is 3.70. The van der Waals surface area contributed by atoms with Crippen molar-refractivity contribution in [2.75, 3.05) is 38.7 Å². The van der Waals surface area contributed by atoms with Gasteiger partial charge in [0.15, 0.2) is 0 Å². The van der Waals surface area contributed by atoms with Crippen molar-refractivity contribution in [2.45, 2.75) is 32.4 Å². The minimum Gasteiger partial charge on any atom is -0.493 e. The monoisotopic (exact) mass is 503 g/mol. The minimum absolute atomic E-state index is 0.561. The molecule has 182 valence electrons. The molecule has 0 N–H and O–H groups in total. The molecule has 1 aromatic carbocycles. The van der Waals surface area contributed by atoms with Crippen LogP contribution in [0.1, 0.15) is 31.3 Å². The normalized spacial score (nSPS) is 17.8. The molecule has 2 heterocycles. The molecule has 8 heteroatoms. The highest BCUT2D eigenvalue weighted by Crippen LogP contribution is 2.36. The van der Waals surface area contributed by atoms with E-state index < -0.39 is 13.4 Å². The van der Waals surface area contributed by atoms with Crippen molar-refractivity contribution in [1.29, 1.82) is 0 Å². The Labute approximate surface area is 207 Å². The third kappa shape index (κ3) is 7.05. The number of hydrogen-bond acceptors (Lipinski definition) is 6. The molecular weight excluding hydrogens is 470 g/mol. The first-order valence-corrected chi connectivity index (χ1v) is 14.3. The lowest BCUT2D eigenvalue weighted by atomic mass is 9.99. The summed E-state index contributed by atoms with van der Waals surface area (Å²) in [6.45, 7) is 9.36. The predicted octanol–water partition coefficient (Wildman–Crippen LogP) is 6.66. The van der Waals surface area contributed by atoms with Gasteiger partial charge in [0.2, 0.25) is 0 Å². The van der Waals surface area contributed by atoms with E-state index in [1.54, 1.807) is 26.0 Å². The zero-order chi connectivity index (χ0) is 24.0.